The van der Waals surface area contributed by atoms with Gasteiger partial charge in [-0.3, -0.25) is 0 Å². The molecule has 0 unspecified atom stereocenters. The lowest BCUT2D eigenvalue weighted by atomic mass is 9.57. The van der Waals surface area contributed by atoms with Crippen LogP contribution in [-0.4, -0.2) is 14.8 Å². The second-order valence-electron chi connectivity index (χ2n) is 5.56. The molecule has 1 aliphatic carbocycles. The fourth-order valence-electron chi connectivity index (χ4n) is 3.05. The molecule has 0 saturated heterocycles. The maximum Gasteiger partial charge on any atom is 0.133 e. The molecule has 3 rings (SSSR count). The summed E-state index contributed by atoms with van der Waals surface area (Å²) in [5.74, 6) is 1.13. The van der Waals surface area contributed by atoms with Crippen molar-refractivity contribution in [3.63, 3.8) is 0 Å². The lowest BCUT2D eigenvalue weighted by Crippen LogP contribution is -2.43. The van der Waals surface area contributed by atoms with Crippen LogP contribution in [0.3, 0.4) is 0 Å². The lowest BCUT2D eigenvalue weighted by Gasteiger charge is -2.45. The molecule has 0 spiro atoms. The van der Waals surface area contributed by atoms with Gasteiger partial charge in [0.05, 0.1) is 6.07 Å². The number of hydrogen-bond acceptors (Lipinski definition) is 3. The summed E-state index contributed by atoms with van der Waals surface area (Å²) in [5.41, 5.74) is 1.30. The van der Waals surface area contributed by atoms with E-state index in [2.05, 4.69) is 50.4 Å². The molecule has 1 aliphatic rings. The van der Waals surface area contributed by atoms with Gasteiger partial charge >= 0.3 is 0 Å². The Morgan fingerprint density at radius 2 is 2.30 bits per heavy atom. The Hall–Kier alpha value is -1.67. The van der Waals surface area contributed by atoms with Crippen molar-refractivity contribution in [1.29, 1.82) is 5.26 Å². The third-order valence-electron chi connectivity index (χ3n) is 4.20. The third-order valence-corrected chi connectivity index (χ3v) is 4.69. The normalized spacial score (nSPS) is 24.9. The average Bonchev–Trinajstić information content (AvgIpc) is 2.78. The largest absolute Gasteiger partial charge is 0.321 e. The first-order valence-corrected chi connectivity index (χ1v) is 7.41. The highest BCUT2D eigenvalue weighted by Gasteiger charge is 2.46. The summed E-state index contributed by atoms with van der Waals surface area (Å²) in [5, 5.41) is 17.3. The van der Waals surface area contributed by atoms with Crippen molar-refractivity contribution in [3.8, 4) is 6.07 Å². The van der Waals surface area contributed by atoms with Gasteiger partial charge < -0.3 is 4.57 Å². The van der Waals surface area contributed by atoms with Crippen LogP contribution in [0.4, 0.5) is 0 Å². The maximum absolute atomic E-state index is 9.11. The summed E-state index contributed by atoms with van der Waals surface area (Å²) in [4.78, 5) is 0. The van der Waals surface area contributed by atoms with Gasteiger partial charge in [-0.25, -0.2) is 0 Å². The van der Waals surface area contributed by atoms with Gasteiger partial charge in [0.2, 0.25) is 0 Å². The van der Waals surface area contributed by atoms with E-state index in [0.717, 1.165) is 29.6 Å². The molecule has 0 aliphatic heterocycles. The fraction of sp³-hybridized carbons (Fsp3) is 0.400. The molecule has 20 heavy (non-hydrogen) atoms. The van der Waals surface area contributed by atoms with Crippen molar-refractivity contribution in [2.24, 2.45) is 13.0 Å². The smallest absolute Gasteiger partial charge is 0.133 e. The highest BCUT2D eigenvalue weighted by molar-refractivity contribution is 9.10. The standard InChI is InChI=1S/C15H15BrN4/c1-20-10-18-19-14(20)8-15(6-11(7-15)9-17)12-3-2-4-13(16)5-12/h2-5,10-11H,6-8H2,1H3. The Balaban J connectivity index is 1.94. The molecule has 102 valence electrons. The number of benzene rings is 1. The minimum absolute atomic E-state index is 0.0188. The molecule has 2 aromatic rings. The second kappa shape index (κ2) is 5.02. The van der Waals surface area contributed by atoms with E-state index in [1.807, 2.05) is 17.7 Å². The Morgan fingerprint density at radius 1 is 1.50 bits per heavy atom. The lowest BCUT2D eigenvalue weighted by molar-refractivity contribution is 0.179. The van der Waals surface area contributed by atoms with Crippen molar-refractivity contribution in [2.45, 2.75) is 24.7 Å². The zero-order valence-corrected chi connectivity index (χ0v) is 12.8. The predicted octanol–water partition coefficient (Wildman–Crippen LogP) is 2.99. The molecule has 0 N–H and O–H groups in total. The topological polar surface area (TPSA) is 54.5 Å². The molecule has 1 fully saturated rings. The fourth-order valence-corrected chi connectivity index (χ4v) is 3.44. The quantitative estimate of drug-likeness (QED) is 0.869. The van der Waals surface area contributed by atoms with Crippen LogP contribution in [0.1, 0.15) is 24.2 Å². The minimum atomic E-state index is 0.0188. The van der Waals surface area contributed by atoms with Crippen LogP contribution >= 0.6 is 15.9 Å². The molecular weight excluding hydrogens is 316 g/mol. The molecule has 0 atom stereocenters. The van der Waals surface area contributed by atoms with Gasteiger partial charge in [0.25, 0.3) is 0 Å². The van der Waals surface area contributed by atoms with E-state index in [4.69, 9.17) is 5.26 Å². The Kier molecular flexibility index (Phi) is 3.35. The van der Waals surface area contributed by atoms with E-state index in [1.54, 1.807) is 6.33 Å². The number of rotatable bonds is 3. The first kappa shape index (κ1) is 13.3. The van der Waals surface area contributed by atoms with E-state index >= 15 is 0 Å². The van der Waals surface area contributed by atoms with Gasteiger partial charge in [-0.15, -0.1) is 10.2 Å². The molecule has 0 bridgehead atoms. The van der Waals surface area contributed by atoms with Gasteiger partial charge in [0, 0.05) is 29.3 Å². The van der Waals surface area contributed by atoms with Crippen molar-refractivity contribution in [2.75, 3.05) is 0 Å². The summed E-state index contributed by atoms with van der Waals surface area (Å²) in [7, 11) is 1.96. The Labute approximate surface area is 126 Å². The van der Waals surface area contributed by atoms with Crippen LogP contribution in [0, 0.1) is 17.2 Å². The van der Waals surface area contributed by atoms with Crippen LogP contribution < -0.4 is 0 Å². The second-order valence-corrected chi connectivity index (χ2v) is 6.48. The van der Waals surface area contributed by atoms with Crippen LogP contribution in [0.2, 0.25) is 0 Å². The highest BCUT2D eigenvalue weighted by atomic mass is 79.9. The van der Waals surface area contributed by atoms with E-state index in [0.29, 0.717) is 0 Å². The van der Waals surface area contributed by atoms with Crippen molar-refractivity contribution >= 4 is 15.9 Å². The molecule has 1 aromatic heterocycles. The third kappa shape index (κ3) is 2.25. The van der Waals surface area contributed by atoms with Crippen LogP contribution in [0.25, 0.3) is 0 Å². The number of nitrogens with zero attached hydrogens (tertiary/aromatic N) is 4. The molecule has 1 heterocycles. The molecule has 1 saturated carbocycles. The summed E-state index contributed by atoms with van der Waals surface area (Å²) in [6.07, 6.45) is 4.35. The highest BCUT2D eigenvalue weighted by Crippen LogP contribution is 2.49. The van der Waals surface area contributed by atoms with Crippen LogP contribution in [-0.2, 0) is 18.9 Å². The molecular formula is C15H15BrN4. The zero-order valence-electron chi connectivity index (χ0n) is 11.3. The van der Waals surface area contributed by atoms with Crippen molar-refractivity contribution < 1.29 is 0 Å². The predicted molar refractivity (Wildman–Crippen MR) is 78.9 cm³/mol. The van der Waals surface area contributed by atoms with E-state index in [-0.39, 0.29) is 11.3 Å². The van der Waals surface area contributed by atoms with E-state index < -0.39 is 0 Å². The number of halogens is 1. The maximum atomic E-state index is 9.11. The number of hydrogen-bond donors (Lipinski definition) is 0. The average molecular weight is 331 g/mol. The van der Waals surface area contributed by atoms with Crippen molar-refractivity contribution in [1.82, 2.24) is 14.8 Å². The van der Waals surface area contributed by atoms with Crippen molar-refractivity contribution in [3.05, 3.63) is 46.5 Å². The summed E-state index contributed by atoms with van der Waals surface area (Å²) in [6, 6.07) is 10.8. The van der Waals surface area contributed by atoms with Gasteiger partial charge in [-0.05, 0) is 30.5 Å². The van der Waals surface area contributed by atoms with E-state index in [1.165, 1.54) is 5.56 Å². The summed E-state index contributed by atoms with van der Waals surface area (Å²) >= 11 is 3.53. The van der Waals surface area contributed by atoms with Gasteiger partial charge in [-0.2, -0.15) is 5.26 Å². The molecule has 5 heteroatoms. The first-order valence-electron chi connectivity index (χ1n) is 6.61. The van der Waals surface area contributed by atoms with Gasteiger partial charge in [-0.1, -0.05) is 28.1 Å². The molecule has 0 amide bonds. The number of nitriles is 1. The molecule has 4 nitrogen and oxygen atoms in total. The van der Waals surface area contributed by atoms with Crippen LogP contribution in [0.5, 0.6) is 0 Å². The van der Waals surface area contributed by atoms with E-state index in [9.17, 15) is 0 Å². The summed E-state index contributed by atoms with van der Waals surface area (Å²) < 4.78 is 3.03. The number of aryl methyl sites for hydroxylation is 1. The first-order chi connectivity index (χ1) is 9.63. The zero-order chi connectivity index (χ0) is 14.2. The number of aromatic nitrogens is 3. The van der Waals surface area contributed by atoms with Gasteiger partial charge in [0.15, 0.2) is 0 Å². The SMILES string of the molecule is Cn1cnnc1CC1(c2cccc(Br)c2)CC(C#N)C1. The Bertz CT molecular complexity index is 665. The van der Waals surface area contributed by atoms with Gasteiger partial charge in [0.1, 0.15) is 12.2 Å². The Morgan fingerprint density at radius 3 is 2.90 bits per heavy atom. The molecule has 1 aromatic carbocycles. The summed E-state index contributed by atoms with van der Waals surface area (Å²) in [6.45, 7) is 0. The molecule has 0 radical (unpaired) electrons. The van der Waals surface area contributed by atoms with Crippen LogP contribution in [0.15, 0.2) is 35.1 Å². The minimum Gasteiger partial charge on any atom is -0.321 e. The monoisotopic (exact) mass is 330 g/mol.